The van der Waals surface area contributed by atoms with E-state index < -0.39 is 0 Å². The zero-order valence-corrected chi connectivity index (χ0v) is 18.3. The number of furan rings is 1. The summed E-state index contributed by atoms with van der Waals surface area (Å²) >= 11 is 0. The molecule has 6 heteroatoms. The maximum absolute atomic E-state index is 13.4. The first-order valence-corrected chi connectivity index (χ1v) is 10.8. The number of aromatic nitrogens is 2. The highest BCUT2D eigenvalue weighted by atomic mass is 16.3. The Morgan fingerprint density at radius 3 is 2.59 bits per heavy atom. The average Bonchev–Trinajstić information content (AvgIpc) is 3.48. The molecular formula is C26H25N3O3. The van der Waals surface area contributed by atoms with Gasteiger partial charge < -0.3 is 14.4 Å². The molecule has 0 fully saturated rings. The highest BCUT2D eigenvalue weighted by Crippen LogP contribution is 2.46. The number of carbonyl (C=O) groups is 1. The predicted molar refractivity (Wildman–Crippen MR) is 121 cm³/mol. The first-order valence-electron chi connectivity index (χ1n) is 10.8. The number of rotatable bonds is 5. The fraction of sp³-hybridized carbons (Fsp3) is 0.231. The molecule has 162 valence electrons. The SMILES string of the molecule is CCc1ccc(C2c3c(-c4c(C)cc(C)cc4O)n[nH]c3C(=O)N2Cc2ccco2)cc1. The molecule has 1 unspecified atom stereocenters. The molecular weight excluding hydrogens is 402 g/mol. The molecule has 6 nitrogen and oxygen atoms in total. The van der Waals surface area contributed by atoms with E-state index in [-0.39, 0.29) is 17.7 Å². The second-order valence-electron chi connectivity index (χ2n) is 8.35. The summed E-state index contributed by atoms with van der Waals surface area (Å²) in [5.41, 5.74) is 6.60. The average molecular weight is 428 g/mol. The van der Waals surface area contributed by atoms with Crippen LogP contribution in [-0.2, 0) is 13.0 Å². The summed E-state index contributed by atoms with van der Waals surface area (Å²) in [5.74, 6) is 0.736. The van der Waals surface area contributed by atoms with Crippen molar-refractivity contribution in [3.63, 3.8) is 0 Å². The zero-order chi connectivity index (χ0) is 22.4. The van der Waals surface area contributed by atoms with Crippen LogP contribution in [0.2, 0.25) is 0 Å². The maximum Gasteiger partial charge on any atom is 0.273 e. The van der Waals surface area contributed by atoms with Crippen molar-refractivity contribution in [2.75, 3.05) is 0 Å². The number of nitrogens with zero attached hydrogens (tertiary/aromatic N) is 2. The van der Waals surface area contributed by atoms with E-state index in [2.05, 4.69) is 41.4 Å². The highest BCUT2D eigenvalue weighted by molar-refractivity contribution is 6.00. The number of phenolic OH excluding ortho intramolecular Hbond substituents is 1. The van der Waals surface area contributed by atoms with Crippen LogP contribution in [0, 0.1) is 13.8 Å². The Kier molecular flexibility index (Phi) is 4.85. The van der Waals surface area contributed by atoms with E-state index in [1.165, 1.54) is 5.56 Å². The van der Waals surface area contributed by atoms with E-state index in [0.717, 1.165) is 28.7 Å². The molecule has 32 heavy (non-hydrogen) atoms. The standard InChI is InChI=1S/C26H25N3O3/c1-4-17-7-9-18(10-8-17)25-22-23(21-16(3)12-15(2)13-20(21)30)27-28-24(22)26(31)29(25)14-19-6-5-11-32-19/h5-13,25,30H,4,14H2,1-3H3,(H,27,28). The van der Waals surface area contributed by atoms with Crippen molar-refractivity contribution in [1.82, 2.24) is 15.1 Å². The van der Waals surface area contributed by atoms with E-state index in [1.807, 2.05) is 32.0 Å². The minimum absolute atomic E-state index is 0.135. The van der Waals surface area contributed by atoms with E-state index in [4.69, 9.17) is 4.42 Å². The maximum atomic E-state index is 13.4. The van der Waals surface area contributed by atoms with Gasteiger partial charge in [-0.3, -0.25) is 9.89 Å². The van der Waals surface area contributed by atoms with Crippen molar-refractivity contribution < 1.29 is 14.3 Å². The van der Waals surface area contributed by atoms with Crippen LogP contribution >= 0.6 is 0 Å². The molecule has 0 saturated carbocycles. The van der Waals surface area contributed by atoms with Crippen LogP contribution < -0.4 is 0 Å². The minimum atomic E-state index is -0.345. The van der Waals surface area contributed by atoms with Crippen LogP contribution in [0.3, 0.4) is 0 Å². The zero-order valence-electron chi connectivity index (χ0n) is 18.3. The topological polar surface area (TPSA) is 82.4 Å². The Bertz CT molecular complexity index is 1260. The highest BCUT2D eigenvalue weighted by Gasteiger charge is 2.43. The van der Waals surface area contributed by atoms with E-state index in [1.54, 1.807) is 17.2 Å². The van der Waals surface area contributed by atoms with Crippen molar-refractivity contribution in [2.24, 2.45) is 0 Å². The third-order valence-electron chi connectivity index (χ3n) is 6.17. The van der Waals surface area contributed by atoms with Crippen LogP contribution in [0.4, 0.5) is 0 Å². The fourth-order valence-electron chi connectivity index (χ4n) is 4.66. The summed E-state index contributed by atoms with van der Waals surface area (Å²) in [6.45, 7) is 6.35. The number of hydrogen-bond acceptors (Lipinski definition) is 4. The number of nitrogens with one attached hydrogen (secondary N) is 1. The molecule has 1 aliphatic rings. The van der Waals surface area contributed by atoms with Gasteiger partial charge in [0.1, 0.15) is 22.9 Å². The number of carbonyl (C=O) groups excluding carboxylic acids is 1. The van der Waals surface area contributed by atoms with Gasteiger partial charge in [0.25, 0.3) is 5.91 Å². The first kappa shape index (κ1) is 20.1. The lowest BCUT2D eigenvalue weighted by Crippen LogP contribution is -2.29. The molecule has 0 radical (unpaired) electrons. The Labute approximate surface area is 186 Å². The number of benzene rings is 2. The molecule has 0 bridgehead atoms. The van der Waals surface area contributed by atoms with Crippen molar-refractivity contribution in [3.05, 3.63) is 94.1 Å². The summed E-state index contributed by atoms with van der Waals surface area (Å²) in [4.78, 5) is 15.2. The lowest BCUT2D eigenvalue weighted by molar-refractivity contribution is 0.0717. The Hall–Kier alpha value is -3.80. The predicted octanol–water partition coefficient (Wildman–Crippen LogP) is 5.30. The van der Waals surface area contributed by atoms with Crippen LogP contribution in [0.15, 0.2) is 59.2 Å². The lowest BCUT2D eigenvalue weighted by Gasteiger charge is -2.26. The van der Waals surface area contributed by atoms with Crippen molar-refractivity contribution in [1.29, 1.82) is 0 Å². The second kappa shape index (κ2) is 7.71. The van der Waals surface area contributed by atoms with Gasteiger partial charge in [0.05, 0.1) is 18.8 Å². The number of hydrogen-bond donors (Lipinski definition) is 2. The van der Waals surface area contributed by atoms with Gasteiger partial charge in [-0.1, -0.05) is 37.3 Å². The van der Waals surface area contributed by atoms with Gasteiger partial charge in [-0.2, -0.15) is 5.10 Å². The summed E-state index contributed by atoms with van der Waals surface area (Å²) in [6, 6.07) is 15.4. The first-order chi connectivity index (χ1) is 15.5. The Morgan fingerprint density at radius 2 is 1.94 bits per heavy atom. The summed E-state index contributed by atoms with van der Waals surface area (Å²) in [6.07, 6.45) is 2.56. The number of fused-ring (bicyclic) bond motifs is 1. The molecule has 1 amide bonds. The van der Waals surface area contributed by atoms with Crippen LogP contribution in [0.1, 0.15) is 57.0 Å². The molecule has 3 heterocycles. The second-order valence-corrected chi connectivity index (χ2v) is 8.35. The molecule has 5 rings (SSSR count). The summed E-state index contributed by atoms with van der Waals surface area (Å²) in [5, 5.41) is 18.2. The number of phenols is 1. The molecule has 4 aromatic rings. The van der Waals surface area contributed by atoms with Crippen LogP contribution in [0.25, 0.3) is 11.3 Å². The van der Waals surface area contributed by atoms with Crippen molar-refractivity contribution >= 4 is 5.91 Å². The molecule has 1 atom stereocenters. The molecule has 2 aromatic carbocycles. The third kappa shape index (κ3) is 3.19. The molecule has 1 aliphatic heterocycles. The van der Waals surface area contributed by atoms with Crippen molar-refractivity contribution in [2.45, 2.75) is 39.8 Å². The third-order valence-corrected chi connectivity index (χ3v) is 6.17. The van der Waals surface area contributed by atoms with Crippen LogP contribution in [0.5, 0.6) is 5.75 Å². The van der Waals surface area contributed by atoms with Gasteiger partial charge >= 0.3 is 0 Å². The minimum Gasteiger partial charge on any atom is -0.507 e. The van der Waals surface area contributed by atoms with E-state index in [0.29, 0.717) is 29.3 Å². The number of H-pyrrole nitrogens is 1. The number of aryl methyl sites for hydroxylation is 3. The van der Waals surface area contributed by atoms with Gasteiger partial charge in [0.15, 0.2) is 0 Å². The van der Waals surface area contributed by atoms with E-state index in [9.17, 15) is 9.90 Å². The number of aromatic hydroxyl groups is 1. The number of aromatic amines is 1. The van der Waals surface area contributed by atoms with Gasteiger partial charge in [-0.25, -0.2) is 0 Å². The Balaban J connectivity index is 1.69. The monoisotopic (exact) mass is 427 g/mol. The molecule has 2 aromatic heterocycles. The summed E-state index contributed by atoms with van der Waals surface area (Å²) in [7, 11) is 0. The van der Waals surface area contributed by atoms with Gasteiger partial charge in [-0.15, -0.1) is 0 Å². The molecule has 0 aliphatic carbocycles. The van der Waals surface area contributed by atoms with Crippen molar-refractivity contribution in [3.8, 4) is 17.0 Å². The summed E-state index contributed by atoms with van der Waals surface area (Å²) < 4.78 is 5.55. The lowest BCUT2D eigenvalue weighted by atomic mass is 9.92. The largest absolute Gasteiger partial charge is 0.507 e. The quantitative estimate of drug-likeness (QED) is 0.453. The molecule has 2 N–H and O–H groups in total. The van der Waals surface area contributed by atoms with Gasteiger partial charge in [0.2, 0.25) is 0 Å². The van der Waals surface area contributed by atoms with Gasteiger partial charge in [0, 0.05) is 11.1 Å². The Morgan fingerprint density at radius 1 is 1.16 bits per heavy atom. The normalized spacial score (nSPS) is 15.4. The number of amides is 1. The van der Waals surface area contributed by atoms with Crippen LogP contribution in [-0.4, -0.2) is 26.1 Å². The van der Waals surface area contributed by atoms with Gasteiger partial charge in [-0.05, 0) is 60.7 Å². The van der Waals surface area contributed by atoms with E-state index >= 15 is 0 Å². The fourth-order valence-corrected chi connectivity index (χ4v) is 4.66. The smallest absolute Gasteiger partial charge is 0.273 e. The molecule has 0 saturated heterocycles. The molecule has 0 spiro atoms.